The summed E-state index contributed by atoms with van der Waals surface area (Å²) in [7, 11) is 0. The summed E-state index contributed by atoms with van der Waals surface area (Å²) in [5.41, 5.74) is 5.53. The van der Waals surface area contributed by atoms with E-state index in [0.29, 0.717) is 5.56 Å². The molecule has 0 unspecified atom stereocenters. The summed E-state index contributed by atoms with van der Waals surface area (Å²) in [5, 5.41) is 7.12. The molecule has 3 nitrogen and oxygen atoms in total. The molecule has 1 aromatic carbocycles. The fourth-order valence-corrected chi connectivity index (χ4v) is 0.602. The van der Waals surface area contributed by atoms with Gasteiger partial charge in [-0.2, -0.15) is 0 Å². The summed E-state index contributed by atoms with van der Waals surface area (Å²) in [5.74, 6) is -0.379. The summed E-state index contributed by atoms with van der Waals surface area (Å²) < 4.78 is 0. The van der Waals surface area contributed by atoms with E-state index >= 15 is 0 Å². The van der Waals surface area contributed by atoms with Crippen molar-refractivity contribution in [1.29, 1.82) is 5.26 Å². The smallest absolute Gasteiger partial charge is 0.248 e. The van der Waals surface area contributed by atoms with Gasteiger partial charge in [-0.1, -0.05) is 18.2 Å². The average molecular weight is 211 g/mol. The largest absolute Gasteiger partial charge is 0.366 e. The molecule has 2 N–H and O–H groups in total. The first-order chi connectivity index (χ1) is 5.72. The SMILES string of the molecule is N#[C][Cu].NC(=O)c1ccccc1. The number of carbonyl (C=O) groups is 1. The van der Waals surface area contributed by atoms with E-state index in [1.165, 1.54) is 4.97 Å². The zero-order chi connectivity index (χ0) is 9.40. The van der Waals surface area contributed by atoms with Crippen LogP contribution < -0.4 is 5.73 Å². The molecule has 12 heavy (non-hydrogen) atoms. The summed E-state index contributed by atoms with van der Waals surface area (Å²) in [6.07, 6.45) is 0. The number of hydrogen-bond donors (Lipinski definition) is 1. The van der Waals surface area contributed by atoms with E-state index in [-0.39, 0.29) is 5.91 Å². The van der Waals surface area contributed by atoms with Gasteiger partial charge in [0.1, 0.15) is 0 Å². The Labute approximate surface area is 79.0 Å². The monoisotopic (exact) mass is 210 g/mol. The Morgan fingerprint density at radius 2 is 1.83 bits per heavy atom. The van der Waals surface area contributed by atoms with Gasteiger partial charge in [-0.15, -0.1) is 0 Å². The van der Waals surface area contributed by atoms with Gasteiger partial charge in [-0.25, -0.2) is 0 Å². The normalized spacial score (nSPS) is 7.42. The molecule has 1 aromatic rings. The minimum atomic E-state index is -0.379. The number of nitrogens with two attached hydrogens (primary N) is 1. The predicted molar refractivity (Wildman–Crippen MR) is 40.6 cm³/mol. The topological polar surface area (TPSA) is 66.9 Å². The molecule has 1 amide bonds. The van der Waals surface area contributed by atoms with Gasteiger partial charge < -0.3 is 5.73 Å². The van der Waals surface area contributed by atoms with E-state index in [1.54, 1.807) is 24.3 Å². The van der Waals surface area contributed by atoms with E-state index < -0.39 is 0 Å². The molecule has 0 spiro atoms. The van der Waals surface area contributed by atoms with Crippen molar-refractivity contribution in [3.05, 3.63) is 35.9 Å². The average Bonchev–Trinajstić information content (AvgIpc) is 2.07. The van der Waals surface area contributed by atoms with Crippen LogP contribution in [0, 0.1) is 10.2 Å². The Morgan fingerprint density at radius 3 is 2.08 bits per heavy atom. The first kappa shape index (κ1) is 10.7. The third-order valence-electron chi connectivity index (χ3n) is 1.06. The van der Waals surface area contributed by atoms with Crippen LogP contribution in [-0.4, -0.2) is 5.91 Å². The molecule has 0 radical (unpaired) electrons. The van der Waals surface area contributed by atoms with Crippen LogP contribution in [0.5, 0.6) is 0 Å². The van der Waals surface area contributed by atoms with Gasteiger partial charge in [-0.3, -0.25) is 4.79 Å². The molecular weight excluding hydrogens is 204 g/mol. The van der Waals surface area contributed by atoms with Crippen molar-refractivity contribution in [2.24, 2.45) is 5.73 Å². The fourth-order valence-electron chi connectivity index (χ4n) is 0.602. The van der Waals surface area contributed by atoms with Crippen LogP contribution in [0.2, 0.25) is 0 Å². The molecule has 0 aliphatic rings. The van der Waals surface area contributed by atoms with Crippen molar-refractivity contribution in [3.8, 4) is 4.97 Å². The number of benzene rings is 1. The first-order valence-electron chi connectivity index (χ1n) is 3.03. The second kappa shape index (κ2) is 6.41. The van der Waals surface area contributed by atoms with Crippen LogP contribution in [0.25, 0.3) is 0 Å². The number of primary amides is 1. The molecule has 0 saturated carbocycles. The Hall–Kier alpha value is -1.30. The summed E-state index contributed by atoms with van der Waals surface area (Å²) in [6.45, 7) is 0. The van der Waals surface area contributed by atoms with Crippen LogP contribution in [0.4, 0.5) is 0 Å². The number of carbonyl (C=O) groups excluding carboxylic acids is 1. The van der Waals surface area contributed by atoms with Crippen molar-refractivity contribution >= 4 is 5.91 Å². The number of rotatable bonds is 1. The molecule has 0 fully saturated rings. The zero-order valence-corrected chi connectivity index (χ0v) is 7.06. The molecule has 0 heterocycles. The van der Waals surface area contributed by atoms with E-state index in [1.807, 2.05) is 6.07 Å². The van der Waals surface area contributed by atoms with Crippen molar-refractivity contribution < 1.29 is 20.8 Å². The molecule has 0 saturated heterocycles. The van der Waals surface area contributed by atoms with E-state index in [0.717, 1.165) is 0 Å². The minimum Gasteiger partial charge on any atom is -0.366 e. The van der Waals surface area contributed by atoms with Crippen LogP contribution in [-0.2, 0) is 16.0 Å². The first-order valence-corrected chi connectivity index (χ1v) is 3.50. The molecule has 0 atom stereocenters. The second-order valence-corrected chi connectivity index (χ2v) is 2.01. The number of nitriles is 1. The third kappa shape index (κ3) is 4.50. The van der Waals surface area contributed by atoms with Crippen LogP contribution >= 0.6 is 0 Å². The number of amides is 1. The van der Waals surface area contributed by atoms with Gasteiger partial charge >= 0.3 is 26.2 Å². The Morgan fingerprint density at radius 1 is 1.42 bits per heavy atom. The number of nitrogens with zero attached hydrogens (tertiary/aromatic N) is 1. The summed E-state index contributed by atoms with van der Waals surface area (Å²) >= 11 is 3.81. The molecule has 0 bridgehead atoms. The van der Waals surface area contributed by atoms with Gasteiger partial charge in [0.2, 0.25) is 5.91 Å². The Bertz CT molecular complexity index is 279. The maximum absolute atomic E-state index is 10.4. The van der Waals surface area contributed by atoms with Gasteiger partial charge in [0.25, 0.3) is 0 Å². The molecule has 1 rings (SSSR count). The van der Waals surface area contributed by atoms with Crippen molar-refractivity contribution in [1.82, 2.24) is 0 Å². The Kier molecular flexibility index (Phi) is 5.72. The van der Waals surface area contributed by atoms with Gasteiger partial charge in [0, 0.05) is 5.56 Å². The van der Waals surface area contributed by atoms with Crippen LogP contribution in [0.15, 0.2) is 30.3 Å². The van der Waals surface area contributed by atoms with Gasteiger partial charge in [-0.05, 0) is 12.1 Å². The molecule has 66 valence electrons. The van der Waals surface area contributed by atoms with Gasteiger partial charge in [0.15, 0.2) is 0 Å². The fraction of sp³-hybridized carbons (Fsp3) is 0. The van der Waals surface area contributed by atoms with Crippen molar-refractivity contribution in [3.63, 3.8) is 0 Å². The van der Waals surface area contributed by atoms with E-state index in [4.69, 9.17) is 11.0 Å². The summed E-state index contributed by atoms with van der Waals surface area (Å²) in [4.78, 5) is 11.7. The Balaban J connectivity index is 0.000000354. The predicted octanol–water partition coefficient (Wildman–Crippen LogP) is 0.800. The van der Waals surface area contributed by atoms with E-state index in [9.17, 15) is 4.79 Å². The maximum atomic E-state index is 10.4. The zero-order valence-electron chi connectivity index (χ0n) is 6.12. The standard InChI is InChI=1S/C7H7NO.CN.Cu/c8-7(9)6-4-2-1-3-5-6;1-2;/h1-5H,(H2,8,9);;. The quantitative estimate of drug-likeness (QED) is 0.697. The van der Waals surface area contributed by atoms with Crippen LogP contribution in [0.1, 0.15) is 10.4 Å². The molecule has 0 aliphatic heterocycles. The van der Waals surface area contributed by atoms with Crippen molar-refractivity contribution in [2.75, 3.05) is 0 Å². The van der Waals surface area contributed by atoms with Crippen molar-refractivity contribution in [2.45, 2.75) is 0 Å². The maximum Gasteiger partial charge on any atom is 0.248 e. The molecule has 0 aromatic heterocycles. The second-order valence-electron chi connectivity index (χ2n) is 1.80. The molecule has 0 aliphatic carbocycles. The minimum absolute atomic E-state index is 0.379. The third-order valence-corrected chi connectivity index (χ3v) is 1.06. The van der Waals surface area contributed by atoms with Gasteiger partial charge in [0.05, 0.1) is 0 Å². The molecular formula is C8H7CuN2O. The number of hydrogen-bond acceptors (Lipinski definition) is 2. The van der Waals surface area contributed by atoms with E-state index in [2.05, 4.69) is 16.0 Å². The van der Waals surface area contributed by atoms with Crippen LogP contribution in [0.3, 0.4) is 0 Å². The molecule has 4 heteroatoms. The summed E-state index contributed by atoms with van der Waals surface area (Å²) in [6, 6.07) is 8.76.